The van der Waals surface area contributed by atoms with Crippen LogP contribution in [0.1, 0.15) is 47.5 Å². The van der Waals surface area contributed by atoms with Crippen LogP contribution in [0.3, 0.4) is 0 Å². The van der Waals surface area contributed by atoms with Crippen molar-refractivity contribution in [2.45, 2.75) is 53.5 Å². The van der Waals surface area contributed by atoms with Crippen LogP contribution >= 0.6 is 0 Å². The summed E-state index contributed by atoms with van der Waals surface area (Å²) in [6.45, 7) is 12.5. The van der Waals surface area contributed by atoms with Crippen LogP contribution in [0, 0.1) is 0 Å². The smallest absolute Gasteiger partial charge is 0.150 e. The van der Waals surface area contributed by atoms with Crippen molar-refractivity contribution in [3.8, 4) is 0 Å². The van der Waals surface area contributed by atoms with E-state index < -0.39 is 0 Å². The lowest BCUT2D eigenvalue weighted by Gasteiger charge is -2.40. The van der Waals surface area contributed by atoms with Crippen molar-refractivity contribution >= 4 is 6.29 Å². The van der Waals surface area contributed by atoms with Gasteiger partial charge in [-0.2, -0.15) is 0 Å². The number of likely N-dealkylation sites (tertiary alicyclic amines) is 1. The maximum atomic E-state index is 12.1. The molecule has 0 spiro atoms. The molecule has 1 fully saturated rings. The van der Waals surface area contributed by atoms with Crippen LogP contribution in [0.2, 0.25) is 0 Å². The number of hydrogen-bond acceptors (Lipinski definition) is 3. The molecule has 1 rings (SSSR count). The third-order valence-corrected chi connectivity index (χ3v) is 3.55. The molecule has 132 valence electrons. The third kappa shape index (κ3) is 8.70. The van der Waals surface area contributed by atoms with E-state index >= 15 is 0 Å². The normalized spacial score (nSPS) is 17.2. The predicted octanol–water partition coefficient (Wildman–Crippen LogP) is 4.03. The first-order chi connectivity index (χ1) is 11.1. The Bertz CT molecular complexity index is 421. The van der Waals surface area contributed by atoms with Crippen molar-refractivity contribution in [3.05, 3.63) is 35.1 Å². The topological polar surface area (TPSA) is 32.3 Å². The van der Waals surface area contributed by atoms with Gasteiger partial charge in [0.25, 0.3) is 0 Å². The van der Waals surface area contributed by atoms with E-state index in [1.54, 1.807) is 0 Å². The lowest BCUT2D eigenvalue weighted by Crippen LogP contribution is -2.57. The van der Waals surface area contributed by atoms with Crippen molar-refractivity contribution in [2.75, 3.05) is 26.3 Å². The highest BCUT2D eigenvalue weighted by molar-refractivity contribution is 5.79. The highest BCUT2D eigenvalue weighted by atomic mass is 19.1. The molecule has 0 radical (unpaired) electrons. The average molecular weight is 324 g/mol. The highest BCUT2D eigenvalue weighted by Gasteiger charge is 2.25. The largest absolute Gasteiger partial charge is 0.383 e. The Hall–Kier alpha value is -1.42. The van der Waals surface area contributed by atoms with Crippen LogP contribution in [-0.2, 0) is 4.79 Å². The van der Waals surface area contributed by atoms with E-state index in [4.69, 9.17) is 0 Å². The molecule has 1 heterocycles. The fraction of sp³-hybridized carbons (Fsp3) is 0.632. The minimum absolute atomic E-state index is 0.239. The van der Waals surface area contributed by atoms with Gasteiger partial charge in [0, 0.05) is 30.9 Å². The van der Waals surface area contributed by atoms with Crippen LogP contribution in [-0.4, -0.2) is 43.5 Å². The molecule has 1 saturated heterocycles. The standard InChI is InChI=1S/C17H27FN2O.C2H6/c1-4-5-7-16(13-21)14(2)10-15(3)19-17-11-20(12-17)9-6-8-18;1-2/h5,7,10,13,17,19H,4,6,8-9,11-12H2,1-3H3;1-2H3/b7-5+,15-10+,16-14+;. The van der Waals surface area contributed by atoms with Crippen molar-refractivity contribution in [1.29, 1.82) is 0 Å². The maximum Gasteiger partial charge on any atom is 0.150 e. The van der Waals surface area contributed by atoms with Gasteiger partial charge < -0.3 is 5.32 Å². The molecule has 0 saturated carbocycles. The number of alkyl halides is 1. The number of nitrogens with zero attached hydrogens (tertiary/aromatic N) is 1. The first-order valence-electron chi connectivity index (χ1n) is 8.66. The maximum absolute atomic E-state index is 12.1. The third-order valence-electron chi connectivity index (χ3n) is 3.55. The molecular weight excluding hydrogens is 291 g/mol. The molecule has 0 aliphatic carbocycles. The molecular formula is C19H33FN2O. The van der Waals surface area contributed by atoms with Crippen LogP contribution in [0.5, 0.6) is 0 Å². The van der Waals surface area contributed by atoms with E-state index in [2.05, 4.69) is 10.2 Å². The van der Waals surface area contributed by atoms with Crippen molar-refractivity contribution in [2.24, 2.45) is 0 Å². The minimum Gasteiger partial charge on any atom is -0.383 e. The molecule has 1 aliphatic rings. The lowest BCUT2D eigenvalue weighted by molar-refractivity contribution is -0.104. The summed E-state index contributed by atoms with van der Waals surface area (Å²) in [5.74, 6) is 0. The summed E-state index contributed by atoms with van der Waals surface area (Å²) < 4.78 is 12.1. The summed E-state index contributed by atoms with van der Waals surface area (Å²) in [6.07, 6.45) is 8.30. The molecule has 0 unspecified atom stereocenters. The zero-order valence-corrected chi connectivity index (χ0v) is 15.4. The Balaban J connectivity index is 0.00000232. The zero-order valence-electron chi connectivity index (χ0n) is 15.4. The summed E-state index contributed by atoms with van der Waals surface area (Å²) >= 11 is 0. The summed E-state index contributed by atoms with van der Waals surface area (Å²) in [5.41, 5.74) is 2.75. The van der Waals surface area contributed by atoms with E-state index in [1.807, 2.05) is 52.8 Å². The minimum atomic E-state index is -0.239. The van der Waals surface area contributed by atoms with E-state index in [0.29, 0.717) is 12.5 Å². The SMILES string of the molecule is CC.CC/C=C/C(C=O)=C(C)\C=C(/C)NC1CN(CCCF)C1. The summed E-state index contributed by atoms with van der Waals surface area (Å²) in [7, 11) is 0. The second-order valence-corrected chi connectivity index (χ2v) is 5.54. The lowest BCUT2D eigenvalue weighted by atomic mass is 10.1. The summed E-state index contributed by atoms with van der Waals surface area (Å²) in [4.78, 5) is 13.3. The van der Waals surface area contributed by atoms with Crippen LogP contribution in [0.15, 0.2) is 35.1 Å². The molecule has 3 nitrogen and oxygen atoms in total. The van der Waals surface area contributed by atoms with Crippen molar-refractivity contribution in [1.82, 2.24) is 10.2 Å². The van der Waals surface area contributed by atoms with E-state index in [9.17, 15) is 9.18 Å². The number of carbonyl (C=O) groups excluding carboxylic acids is 1. The Morgan fingerprint density at radius 3 is 2.48 bits per heavy atom. The molecule has 0 amide bonds. The van der Waals surface area contributed by atoms with Gasteiger partial charge in [0.1, 0.15) is 6.29 Å². The Kier molecular flexibility index (Phi) is 12.3. The van der Waals surface area contributed by atoms with Gasteiger partial charge in [-0.05, 0) is 38.3 Å². The van der Waals surface area contributed by atoms with Crippen molar-refractivity contribution < 1.29 is 9.18 Å². The first-order valence-corrected chi connectivity index (χ1v) is 8.66. The van der Waals surface area contributed by atoms with Gasteiger partial charge in [-0.3, -0.25) is 14.1 Å². The quantitative estimate of drug-likeness (QED) is 0.395. The number of hydrogen-bond donors (Lipinski definition) is 1. The average Bonchev–Trinajstić information content (AvgIpc) is 2.52. The molecule has 23 heavy (non-hydrogen) atoms. The van der Waals surface area contributed by atoms with Gasteiger partial charge in [-0.25, -0.2) is 0 Å². The van der Waals surface area contributed by atoms with Crippen molar-refractivity contribution in [3.63, 3.8) is 0 Å². The van der Waals surface area contributed by atoms with Crippen LogP contribution in [0.4, 0.5) is 4.39 Å². The molecule has 1 N–H and O–H groups in total. The van der Waals surface area contributed by atoms with E-state index in [0.717, 1.165) is 49.2 Å². The number of halogens is 1. The summed E-state index contributed by atoms with van der Waals surface area (Å²) in [5, 5.41) is 3.44. The van der Waals surface area contributed by atoms with Gasteiger partial charge in [0.15, 0.2) is 0 Å². The number of carbonyl (C=O) groups is 1. The molecule has 0 bridgehead atoms. The van der Waals surface area contributed by atoms with E-state index in [1.165, 1.54) is 0 Å². The Labute approximate surface area is 141 Å². The number of nitrogens with one attached hydrogen (secondary N) is 1. The van der Waals surface area contributed by atoms with E-state index in [-0.39, 0.29) is 6.67 Å². The van der Waals surface area contributed by atoms with Crippen LogP contribution < -0.4 is 5.32 Å². The molecule has 0 aromatic rings. The molecule has 0 aromatic heterocycles. The van der Waals surface area contributed by atoms with Gasteiger partial charge in [-0.1, -0.05) is 32.9 Å². The van der Waals surface area contributed by atoms with Gasteiger partial charge >= 0.3 is 0 Å². The van der Waals surface area contributed by atoms with Gasteiger partial charge in [-0.15, -0.1) is 0 Å². The Morgan fingerprint density at radius 2 is 1.96 bits per heavy atom. The Morgan fingerprint density at radius 1 is 1.30 bits per heavy atom. The highest BCUT2D eigenvalue weighted by Crippen LogP contribution is 2.12. The number of rotatable bonds is 9. The zero-order chi connectivity index (χ0) is 17.7. The molecule has 0 atom stereocenters. The second kappa shape index (κ2) is 13.1. The summed E-state index contributed by atoms with van der Waals surface area (Å²) in [6, 6.07) is 0.430. The fourth-order valence-electron chi connectivity index (χ4n) is 2.41. The molecule has 0 aromatic carbocycles. The monoisotopic (exact) mass is 324 g/mol. The number of allylic oxidation sites excluding steroid dienone is 6. The second-order valence-electron chi connectivity index (χ2n) is 5.54. The van der Waals surface area contributed by atoms with Gasteiger partial charge in [0.05, 0.1) is 12.7 Å². The molecule has 4 heteroatoms. The fourth-order valence-corrected chi connectivity index (χ4v) is 2.41. The number of aldehydes is 1. The predicted molar refractivity (Wildman–Crippen MR) is 97.3 cm³/mol. The van der Waals surface area contributed by atoms with Gasteiger partial charge in [0.2, 0.25) is 0 Å². The van der Waals surface area contributed by atoms with Crippen LogP contribution in [0.25, 0.3) is 0 Å². The first kappa shape index (κ1) is 21.6. The molecule has 1 aliphatic heterocycles.